The van der Waals surface area contributed by atoms with Crippen LogP contribution in [0.5, 0.6) is 0 Å². The van der Waals surface area contributed by atoms with Crippen LogP contribution in [0.2, 0.25) is 0 Å². The van der Waals surface area contributed by atoms with E-state index in [0.29, 0.717) is 91.1 Å². The SMILES string of the molecule is CCC(=O)CCCOCCOCC(=O)NCCOCCOCC(=O)NCCCC[C@H](CC(=O)C(C)(C)C)C(C)=O.CCC(NC(=O)CCCCCCCCCCCCCCCCC(=O)O)C(=O)O.[HH]. The molecule has 0 aliphatic rings. The second kappa shape index (κ2) is 45.6. The fourth-order valence-electron chi connectivity index (χ4n) is 6.69. The molecule has 5 N–H and O–H groups in total. The molecular formula is C51H95N3O14. The fraction of sp³-hybridized carbons (Fsp3) is 0.843. The first-order valence-corrected chi connectivity index (χ1v) is 25.6. The largest absolute Gasteiger partial charge is 0.481 e. The molecule has 0 aromatic carbocycles. The van der Waals surface area contributed by atoms with Gasteiger partial charge in [-0.25, -0.2) is 4.79 Å². The number of aliphatic carboxylic acids is 2. The Morgan fingerprint density at radius 3 is 1.46 bits per heavy atom. The number of ether oxygens (including phenoxy) is 4. The van der Waals surface area contributed by atoms with Gasteiger partial charge in [0.2, 0.25) is 17.7 Å². The van der Waals surface area contributed by atoms with Crippen molar-refractivity contribution >= 4 is 47.0 Å². The molecule has 0 saturated carbocycles. The highest BCUT2D eigenvalue weighted by atomic mass is 16.5. The van der Waals surface area contributed by atoms with Crippen molar-refractivity contribution in [3.8, 4) is 0 Å². The van der Waals surface area contributed by atoms with Gasteiger partial charge in [-0.3, -0.25) is 33.6 Å². The van der Waals surface area contributed by atoms with Gasteiger partial charge >= 0.3 is 11.9 Å². The maximum atomic E-state index is 12.2. The van der Waals surface area contributed by atoms with Gasteiger partial charge in [0.05, 0.1) is 33.0 Å². The molecule has 0 bridgehead atoms. The highest BCUT2D eigenvalue weighted by Gasteiger charge is 2.26. The van der Waals surface area contributed by atoms with E-state index in [1.807, 2.05) is 27.7 Å². The Labute approximate surface area is 409 Å². The van der Waals surface area contributed by atoms with Crippen LogP contribution >= 0.6 is 0 Å². The normalized spacial score (nSPS) is 12.0. The predicted molar refractivity (Wildman–Crippen MR) is 264 cm³/mol. The molecule has 0 aliphatic heterocycles. The molecule has 0 spiro atoms. The van der Waals surface area contributed by atoms with E-state index >= 15 is 0 Å². The van der Waals surface area contributed by atoms with Crippen LogP contribution in [0.4, 0.5) is 0 Å². The minimum atomic E-state index is -0.966. The second-order valence-corrected chi connectivity index (χ2v) is 18.4. The zero-order valence-electron chi connectivity index (χ0n) is 43.0. The summed E-state index contributed by atoms with van der Waals surface area (Å²) in [5, 5.41) is 25.5. The average molecular weight is 974 g/mol. The van der Waals surface area contributed by atoms with Crippen molar-refractivity contribution in [3.05, 3.63) is 0 Å². The summed E-state index contributed by atoms with van der Waals surface area (Å²) in [7, 11) is 0. The Bertz CT molecular complexity index is 1380. The number of carbonyl (C=O) groups is 8. The van der Waals surface area contributed by atoms with Gasteiger partial charge in [-0.2, -0.15) is 0 Å². The summed E-state index contributed by atoms with van der Waals surface area (Å²) in [6.45, 7) is 13.4. The van der Waals surface area contributed by atoms with E-state index in [9.17, 15) is 38.4 Å². The number of carboxylic acid groups (broad SMARTS) is 2. The lowest BCUT2D eigenvalue weighted by atomic mass is 9.82. The number of hydrogen-bond donors (Lipinski definition) is 5. The molecule has 0 radical (unpaired) electrons. The quantitative estimate of drug-likeness (QED) is 0.0363. The molecule has 17 nitrogen and oxygen atoms in total. The summed E-state index contributed by atoms with van der Waals surface area (Å²) in [4.78, 5) is 91.7. The number of hydrogen-bond acceptors (Lipinski definition) is 12. The molecule has 2 atom stereocenters. The molecule has 0 heterocycles. The first-order chi connectivity index (χ1) is 32.4. The Balaban J connectivity index is -0.00000132. The van der Waals surface area contributed by atoms with Crippen LogP contribution in [0, 0.1) is 11.3 Å². The van der Waals surface area contributed by atoms with E-state index in [1.165, 1.54) is 58.3 Å². The highest BCUT2D eigenvalue weighted by Crippen LogP contribution is 2.23. The maximum absolute atomic E-state index is 12.2. The topological polar surface area (TPSA) is 250 Å². The summed E-state index contributed by atoms with van der Waals surface area (Å²) < 4.78 is 21.2. The smallest absolute Gasteiger partial charge is 0.326 e. The van der Waals surface area contributed by atoms with Gasteiger partial charge in [0, 0.05) is 64.6 Å². The first kappa shape index (κ1) is 66.3. The van der Waals surface area contributed by atoms with Gasteiger partial charge < -0.3 is 45.1 Å². The van der Waals surface area contributed by atoms with E-state index in [4.69, 9.17) is 29.2 Å². The predicted octanol–water partition coefficient (Wildman–Crippen LogP) is 7.96. The number of Topliss-reactive ketones (excluding diaryl/α,β-unsaturated/α-hetero) is 3. The van der Waals surface area contributed by atoms with E-state index < -0.39 is 23.4 Å². The first-order valence-electron chi connectivity index (χ1n) is 25.6. The van der Waals surface area contributed by atoms with Crippen molar-refractivity contribution < 1.29 is 68.9 Å². The van der Waals surface area contributed by atoms with Crippen LogP contribution in [-0.4, -0.2) is 129 Å². The van der Waals surface area contributed by atoms with Crippen LogP contribution in [0.25, 0.3) is 0 Å². The Kier molecular flexibility index (Phi) is 44.5. The number of rotatable bonds is 46. The fourth-order valence-corrected chi connectivity index (χ4v) is 6.69. The monoisotopic (exact) mass is 974 g/mol. The van der Waals surface area contributed by atoms with E-state index in [2.05, 4.69) is 16.0 Å². The van der Waals surface area contributed by atoms with Crippen molar-refractivity contribution in [1.29, 1.82) is 0 Å². The lowest BCUT2D eigenvalue weighted by molar-refractivity contribution is -0.142. The molecule has 1 unspecified atom stereocenters. The Morgan fingerprint density at radius 2 is 1.00 bits per heavy atom. The summed E-state index contributed by atoms with van der Waals surface area (Å²) >= 11 is 0. The lowest BCUT2D eigenvalue weighted by Gasteiger charge is -2.20. The van der Waals surface area contributed by atoms with Crippen molar-refractivity contribution in [2.45, 2.75) is 202 Å². The number of carbonyl (C=O) groups excluding carboxylic acids is 6. The zero-order chi connectivity index (χ0) is 51.3. The molecule has 0 rings (SSSR count). The molecular weight excluding hydrogens is 879 g/mol. The van der Waals surface area contributed by atoms with Crippen LogP contribution in [0.3, 0.4) is 0 Å². The van der Waals surface area contributed by atoms with Gasteiger partial charge in [0.25, 0.3) is 0 Å². The Morgan fingerprint density at radius 1 is 0.529 bits per heavy atom. The summed E-state index contributed by atoms with van der Waals surface area (Å²) in [6.07, 6.45) is 21.3. The minimum Gasteiger partial charge on any atom is -0.481 e. The van der Waals surface area contributed by atoms with E-state index in [1.54, 1.807) is 6.92 Å². The molecule has 3 amide bonds. The number of nitrogens with one attached hydrogen (secondary N) is 3. The van der Waals surface area contributed by atoms with Crippen LogP contribution < -0.4 is 16.0 Å². The number of ketones is 3. The van der Waals surface area contributed by atoms with Gasteiger partial charge in [0.1, 0.15) is 36.6 Å². The average Bonchev–Trinajstić information content (AvgIpc) is 3.28. The van der Waals surface area contributed by atoms with Gasteiger partial charge in [-0.1, -0.05) is 118 Å². The van der Waals surface area contributed by atoms with Crippen LogP contribution in [0.15, 0.2) is 0 Å². The van der Waals surface area contributed by atoms with Crippen LogP contribution in [0.1, 0.15) is 197 Å². The van der Waals surface area contributed by atoms with Gasteiger partial charge in [0.15, 0.2) is 0 Å². The van der Waals surface area contributed by atoms with Crippen molar-refractivity contribution in [2.75, 3.05) is 65.9 Å². The number of unbranched alkanes of at least 4 members (excludes halogenated alkanes) is 14. The van der Waals surface area contributed by atoms with Gasteiger partial charge in [-0.05, 0) is 45.4 Å². The molecule has 0 fully saturated rings. The van der Waals surface area contributed by atoms with Crippen LogP contribution in [-0.2, 0) is 57.3 Å². The summed E-state index contributed by atoms with van der Waals surface area (Å²) in [5.74, 6) is -2.21. The molecule has 17 heteroatoms. The van der Waals surface area contributed by atoms with E-state index in [0.717, 1.165) is 51.4 Å². The lowest BCUT2D eigenvalue weighted by Crippen LogP contribution is -2.40. The van der Waals surface area contributed by atoms with Crippen molar-refractivity contribution in [1.82, 2.24) is 16.0 Å². The molecule has 0 aromatic rings. The highest BCUT2D eigenvalue weighted by molar-refractivity contribution is 5.89. The summed E-state index contributed by atoms with van der Waals surface area (Å²) in [5.41, 5.74) is -0.451. The minimum absolute atomic E-state index is 0. The summed E-state index contributed by atoms with van der Waals surface area (Å²) in [6, 6.07) is -0.760. The second-order valence-electron chi connectivity index (χ2n) is 18.4. The zero-order valence-corrected chi connectivity index (χ0v) is 43.0. The number of carboxylic acids is 2. The standard InChI is InChI=1S/C29H52N2O9.C22H41NO5.H2/c1-6-25(33)11-9-14-37-16-18-39-22-28(36)31-13-15-38-17-19-40-21-27(35)30-12-8-7-10-24(23(2)32)20-26(34)29(3,4)5;1-2-19(22(27)28)23-20(24)17-15-13-11-9-7-5-3-4-6-8-10-12-14-16-18-21(25)26;/h24H,6-22H2,1-5H3,(H,30,35)(H,31,36);19H,2-18H2,1H3,(H,23,24)(H,25,26)(H,27,28);1H/t24-;;/m1../s1. The maximum Gasteiger partial charge on any atom is 0.326 e. The van der Waals surface area contributed by atoms with E-state index in [-0.39, 0.29) is 68.7 Å². The third-order valence-corrected chi connectivity index (χ3v) is 11.1. The third kappa shape index (κ3) is 46.0. The molecule has 0 saturated heterocycles. The van der Waals surface area contributed by atoms with Gasteiger partial charge in [-0.15, -0.1) is 0 Å². The molecule has 0 aliphatic carbocycles. The Hall–Kier alpha value is -3.80. The third-order valence-electron chi connectivity index (χ3n) is 11.1. The molecule has 398 valence electrons. The van der Waals surface area contributed by atoms with Crippen molar-refractivity contribution in [3.63, 3.8) is 0 Å². The molecule has 68 heavy (non-hydrogen) atoms. The number of amides is 3. The molecule has 0 aromatic heterocycles. The van der Waals surface area contributed by atoms with Crippen molar-refractivity contribution in [2.24, 2.45) is 11.3 Å².